The Labute approximate surface area is 122 Å². The normalized spacial score (nSPS) is 11.1. The molecule has 0 fully saturated rings. The summed E-state index contributed by atoms with van der Waals surface area (Å²) in [5, 5.41) is 13.3. The van der Waals surface area contributed by atoms with E-state index in [9.17, 15) is 23.3 Å². The average Bonchev–Trinajstić information content (AvgIpc) is 2.42. The second-order valence-corrected chi connectivity index (χ2v) is 6.15. The predicted molar refractivity (Wildman–Crippen MR) is 76.3 cm³/mol. The molecule has 0 aromatic heterocycles. The van der Waals surface area contributed by atoms with E-state index < -0.39 is 27.4 Å². The highest BCUT2D eigenvalue weighted by Crippen LogP contribution is 2.21. The van der Waals surface area contributed by atoms with Crippen LogP contribution in [-0.4, -0.2) is 32.3 Å². The molecule has 1 amide bonds. The molecule has 8 nitrogen and oxygen atoms in total. The smallest absolute Gasteiger partial charge is 0.273 e. The summed E-state index contributed by atoms with van der Waals surface area (Å²) in [6.07, 6.45) is 0.739. The molecule has 0 saturated carbocycles. The zero-order chi connectivity index (χ0) is 16.0. The Morgan fingerprint density at radius 2 is 2.05 bits per heavy atom. The Kier molecular flexibility index (Phi) is 5.79. The molecule has 0 heterocycles. The van der Waals surface area contributed by atoms with E-state index in [-0.39, 0.29) is 10.6 Å². The third-order valence-electron chi connectivity index (χ3n) is 2.68. The number of benzene rings is 1. The van der Waals surface area contributed by atoms with Crippen molar-refractivity contribution in [1.29, 1.82) is 0 Å². The average molecular weight is 315 g/mol. The van der Waals surface area contributed by atoms with Crippen LogP contribution in [0.2, 0.25) is 0 Å². The number of carbonyl (C=O) groups is 1. The van der Waals surface area contributed by atoms with Gasteiger partial charge in [0.1, 0.15) is 0 Å². The molecule has 0 radical (unpaired) electrons. The Balaban J connectivity index is 2.86. The number of sulfonamides is 1. The minimum absolute atomic E-state index is 0.247. The molecule has 9 heteroatoms. The molecule has 0 bridgehead atoms. The minimum Gasteiger partial charge on any atom is -0.355 e. The molecule has 0 unspecified atom stereocenters. The molecule has 0 aliphatic heterocycles. The van der Waals surface area contributed by atoms with Crippen LogP contribution in [0.3, 0.4) is 0 Å². The van der Waals surface area contributed by atoms with Crippen LogP contribution in [0.5, 0.6) is 0 Å². The maximum atomic E-state index is 12.0. The number of nitrogens with one attached hydrogen (secondary N) is 2. The van der Waals surface area contributed by atoms with Crippen LogP contribution in [0, 0.1) is 17.0 Å². The molecule has 0 saturated heterocycles. The first-order valence-electron chi connectivity index (χ1n) is 6.29. The fraction of sp³-hybridized carbons (Fsp3) is 0.417. The van der Waals surface area contributed by atoms with Crippen LogP contribution < -0.4 is 10.0 Å². The molecular formula is C12H17N3O5S. The van der Waals surface area contributed by atoms with Crippen molar-refractivity contribution >= 4 is 21.6 Å². The number of nitro groups is 1. The molecule has 2 N–H and O–H groups in total. The first-order valence-corrected chi connectivity index (χ1v) is 7.77. The van der Waals surface area contributed by atoms with Crippen molar-refractivity contribution in [1.82, 2.24) is 10.0 Å². The zero-order valence-electron chi connectivity index (χ0n) is 11.8. The van der Waals surface area contributed by atoms with Gasteiger partial charge in [-0.05, 0) is 19.4 Å². The van der Waals surface area contributed by atoms with E-state index in [0.29, 0.717) is 12.1 Å². The molecule has 116 valence electrons. The molecule has 0 spiro atoms. The lowest BCUT2D eigenvalue weighted by molar-refractivity contribution is -0.385. The summed E-state index contributed by atoms with van der Waals surface area (Å²) in [7, 11) is -3.97. The Hall–Kier alpha value is -2.00. The Bertz CT molecular complexity index is 642. The third-order valence-corrected chi connectivity index (χ3v) is 4.08. The number of nitro benzene ring substituents is 1. The monoisotopic (exact) mass is 315 g/mol. The van der Waals surface area contributed by atoms with Gasteiger partial charge in [0.15, 0.2) is 0 Å². The summed E-state index contributed by atoms with van der Waals surface area (Å²) in [4.78, 5) is 21.3. The highest BCUT2D eigenvalue weighted by atomic mass is 32.2. The van der Waals surface area contributed by atoms with Crippen molar-refractivity contribution in [2.24, 2.45) is 0 Å². The quantitative estimate of drug-likeness (QED) is 0.567. The maximum Gasteiger partial charge on any atom is 0.273 e. The largest absolute Gasteiger partial charge is 0.355 e. The van der Waals surface area contributed by atoms with Crippen molar-refractivity contribution in [3.8, 4) is 0 Å². The van der Waals surface area contributed by atoms with E-state index in [0.717, 1.165) is 12.5 Å². The second-order valence-electron chi connectivity index (χ2n) is 4.38. The van der Waals surface area contributed by atoms with Crippen molar-refractivity contribution < 1.29 is 18.1 Å². The van der Waals surface area contributed by atoms with E-state index in [4.69, 9.17) is 0 Å². The highest BCUT2D eigenvalue weighted by Gasteiger charge is 2.20. The van der Waals surface area contributed by atoms with E-state index in [1.165, 1.54) is 19.1 Å². The van der Waals surface area contributed by atoms with Crippen LogP contribution >= 0.6 is 0 Å². The lowest BCUT2D eigenvalue weighted by Crippen LogP contribution is -2.37. The van der Waals surface area contributed by atoms with Crippen LogP contribution in [0.25, 0.3) is 0 Å². The van der Waals surface area contributed by atoms with Gasteiger partial charge in [-0.15, -0.1) is 0 Å². The van der Waals surface area contributed by atoms with Crippen LogP contribution in [-0.2, 0) is 14.8 Å². The van der Waals surface area contributed by atoms with E-state index in [2.05, 4.69) is 10.0 Å². The summed E-state index contributed by atoms with van der Waals surface area (Å²) in [5.74, 6) is -0.456. The molecule has 1 aromatic rings. The molecule has 1 rings (SSSR count). The standard InChI is InChI=1S/C12H17N3O5S/c1-3-6-13-12(16)8-14-21(19,20)10-5-4-9(2)11(7-10)15(17)18/h4-5,7,14H,3,6,8H2,1-2H3,(H,13,16). The number of aryl methyl sites for hydroxylation is 1. The van der Waals surface area contributed by atoms with Crippen LogP contribution in [0.1, 0.15) is 18.9 Å². The summed E-state index contributed by atoms with van der Waals surface area (Å²) in [5.41, 5.74) is 0.0768. The predicted octanol–water partition coefficient (Wildman–Crippen LogP) is 0.708. The summed E-state index contributed by atoms with van der Waals surface area (Å²) in [6.45, 7) is 3.43. The van der Waals surface area contributed by atoms with Gasteiger partial charge in [0.25, 0.3) is 5.69 Å². The fourth-order valence-corrected chi connectivity index (χ4v) is 2.53. The first kappa shape index (κ1) is 17.1. The van der Waals surface area contributed by atoms with E-state index in [1.807, 2.05) is 6.92 Å². The number of rotatable bonds is 7. The summed E-state index contributed by atoms with van der Waals surface area (Å²) < 4.78 is 26.1. The third kappa shape index (κ3) is 4.80. The topological polar surface area (TPSA) is 118 Å². The van der Waals surface area contributed by atoms with Gasteiger partial charge in [0.05, 0.1) is 16.4 Å². The number of hydrogen-bond acceptors (Lipinski definition) is 5. The fourth-order valence-electron chi connectivity index (χ4n) is 1.52. The lowest BCUT2D eigenvalue weighted by Gasteiger charge is -2.08. The number of amides is 1. The molecule has 1 aromatic carbocycles. The van der Waals surface area contributed by atoms with Crippen LogP contribution in [0.15, 0.2) is 23.1 Å². The lowest BCUT2D eigenvalue weighted by atomic mass is 10.2. The molecule has 0 atom stereocenters. The maximum absolute atomic E-state index is 12.0. The van der Waals surface area contributed by atoms with Crippen LogP contribution in [0.4, 0.5) is 5.69 Å². The number of hydrogen-bond donors (Lipinski definition) is 2. The molecular weight excluding hydrogens is 298 g/mol. The van der Waals surface area contributed by atoms with Crippen molar-refractivity contribution in [3.63, 3.8) is 0 Å². The van der Waals surface area contributed by atoms with Gasteiger partial charge in [-0.1, -0.05) is 13.0 Å². The minimum atomic E-state index is -3.97. The van der Waals surface area contributed by atoms with Crippen molar-refractivity contribution in [2.75, 3.05) is 13.1 Å². The first-order chi connectivity index (χ1) is 9.77. The molecule has 0 aliphatic carbocycles. The SMILES string of the molecule is CCCNC(=O)CNS(=O)(=O)c1ccc(C)c([N+](=O)[O-])c1. The van der Waals surface area contributed by atoms with Gasteiger partial charge in [0.2, 0.25) is 15.9 Å². The van der Waals surface area contributed by atoms with Gasteiger partial charge < -0.3 is 5.32 Å². The number of carbonyl (C=O) groups excluding carboxylic acids is 1. The Morgan fingerprint density at radius 3 is 2.62 bits per heavy atom. The van der Waals surface area contributed by atoms with Crippen molar-refractivity contribution in [2.45, 2.75) is 25.2 Å². The second kappa shape index (κ2) is 7.14. The summed E-state index contributed by atoms with van der Waals surface area (Å²) >= 11 is 0. The van der Waals surface area contributed by atoms with Gasteiger partial charge >= 0.3 is 0 Å². The zero-order valence-corrected chi connectivity index (χ0v) is 12.6. The van der Waals surface area contributed by atoms with Gasteiger partial charge in [-0.25, -0.2) is 13.1 Å². The van der Waals surface area contributed by atoms with Gasteiger partial charge in [-0.3, -0.25) is 14.9 Å². The summed E-state index contributed by atoms with van der Waals surface area (Å²) in [6, 6.07) is 3.58. The Morgan fingerprint density at radius 1 is 1.38 bits per heavy atom. The van der Waals surface area contributed by atoms with E-state index in [1.54, 1.807) is 0 Å². The van der Waals surface area contributed by atoms with Gasteiger partial charge in [0, 0.05) is 18.2 Å². The van der Waals surface area contributed by atoms with Gasteiger partial charge in [-0.2, -0.15) is 0 Å². The number of nitrogens with zero attached hydrogens (tertiary/aromatic N) is 1. The van der Waals surface area contributed by atoms with Crippen molar-refractivity contribution in [3.05, 3.63) is 33.9 Å². The molecule has 21 heavy (non-hydrogen) atoms. The molecule has 0 aliphatic rings. The highest BCUT2D eigenvalue weighted by molar-refractivity contribution is 7.89. The van der Waals surface area contributed by atoms with E-state index >= 15 is 0 Å².